The molecule has 2 heterocycles. The van der Waals surface area contributed by atoms with Crippen LogP contribution in [0.3, 0.4) is 0 Å². The van der Waals surface area contributed by atoms with Gasteiger partial charge in [0.2, 0.25) is 5.91 Å². The second-order valence-corrected chi connectivity index (χ2v) is 5.47. The number of hydrogen-bond donors (Lipinski definition) is 0. The fraction of sp³-hybridized carbons (Fsp3) is 0.357. The van der Waals surface area contributed by atoms with Gasteiger partial charge in [0, 0.05) is 43.1 Å². The van der Waals surface area contributed by atoms with Gasteiger partial charge in [-0.15, -0.1) is 0 Å². The molecule has 6 heteroatoms. The highest BCUT2D eigenvalue weighted by Gasteiger charge is 2.11. The smallest absolute Gasteiger partial charge is 0.227 e. The van der Waals surface area contributed by atoms with Gasteiger partial charge in [0.1, 0.15) is 11.6 Å². The van der Waals surface area contributed by atoms with Crippen molar-refractivity contribution in [3.05, 3.63) is 41.0 Å². The highest BCUT2D eigenvalue weighted by atomic mass is 79.9. The Balaban J connectivity index is 1.85. The number of aromatic nitrogens is 3. The van der Waals surface area contributed by atoms with Gasteiger partial charge in [0.25, 0.3) is 0 Å². The van der Waals surface area contributed by atoms with E-state index >= 15 is 0 Å². The van der Waals surface area contributed by atoms with E-state index in [1.807, 2.05) is 29.8 Å². The molecule has 0 aromatic carbocycles. The summed E-state index contributed by atoms with van der Waals surface area (Å²) < 4.78 is 2.95. The molecule has 0 atom stereocenters. The molecule has 0 radical (unpaired) electrons. The van der Waals surface area contributed by atoms with E-state index in [-0.39, 0.29) is 5.91 Å². The van der Waals surface area contributed by atoms with Crippen molar-refractivity contribution < 1.29 is 4.79 Å². The molecule has 0 unspecified atom stereocenters. The summed E-state index contributed by atoms with van der Waals surface area (Å²) in [5.41, 5.74) is 0. The van der Waals surface area contributed by atoms with Crippen molar-refractivity contribution in [2.75, 3.05) is 11.9 Å². The minimum Gasteiger partial charge on any atom is -0.335 e. The summed E-state index contributed by atoms with van der Waals surface area (Å²) in [4.78, 5) is 22.1. The maximum absolute atomic E-state index is 12.1. The predicted octanol–water partition coefficient (Wildman–Crippen LogP) is 2.79. The van der Waals surface area contributed by atoms with Gasteiger partial charge in [-0.25, -0.2) is 9.97 Å². The van der Waals surface area contributed by atoms with Gasteiger partial charge in [-0.3, -0.25) is 9.69 Å². The van der Waals surface area contributed by atoms with Crippen LogP contribution in [0.4, 0.5) is 5.82 Å². The Morgan fingerprint density at radius 3 is 2.80 bits per heavy atom. The zero-order valence-corrected chi connectivity index (χ0v) is 13.2. The molecule has 106 valence electrons. The van der Waals surface area contributed by atoms with Crippen molar-refractivity contribution in [2.45, 2.75) is 26.3 Å². The molecule has 0 fully saturated rings. The Bertz CT molecular complexity index is 579. The first-order valence-electron chi connectivity index (χ1n) is 6.44. The fourth-order valence-electron chi connectivity index (χ4n) is 1.90. The summed E-state index contributed by atoms with van der Waals surface area (Å²) >= 11 is 3.33. The van der Waals surface area contributed by atoms with Crippen LogP contribution >= 0.6 is 15.9 Å². The van der Waals surface area contributed by atoms with Gasteiger partial charge in [0.15, 0.2) is 0 Å². The van der Waals surface area contributed by atoms with Gasteiger partial charge >= 0.3 is 0 Å². The summed E-state index contributed by atoms with van der Waals surface area (Å²) in [5, 5.41) is 0. The summed E-state index contributed by atoms with van der Waals surface area (Å²) in [6.07, 6.45) is 6.67. The third-order valence-corrected chi connectivity index (χ3v) is 3.61. The number of halogens is 1. The number of carbonyl (C=O) groups excluding carboxylic acids is 1. The second kappa shape index (κ2) is 6.65. The number of rotatable bonds is 5. The van der Waals surface area contributed by atoms with Crippen LogP contribution in [0.25, 0.3) is 0 Å². The van der Waals surface area contributed by atoms with Crippen LogP contribution in [0.1, 0.15) is 18.7 Å². The summed E-state index contributed by atoms with van der Waals surface area (Å²) in [6, 6.07) is 3.70. The number of hydrogen-bond acceptors (Lipinski definition) is 3. The predicted molar refractivity (Wildman–Crippen MR) is 81.5 cm³/mol. The molecule has 0 aliphatic rings. The molecule has 2 rings (SSSR count). The molecule has 0 spiro atoms. The molecule has 0 N–H and O–H groups in total. The van der Waals surface area contributed by atoms with Crippen molar-refractivity contribution in [2.24, 2.45) is 0 Å². The Labute approximate surface area is 126 Å². The normalized spacial score (nSPS) is 10.6. The number of pyridine rings is 1. The van der Waals surface area contributed by atoms with Crippen LogP contribution in [-0.2, 0) is 11.3 Å². The van der Waals surface area contributed by atoms with Crippen molar-refractivity contribution >= 4 is 27.7 Å². The molecule has 2 aromatic rings. The minimum absolute atomic E-state index is 0.0672. The average molecular weight is 337 g/mol. The van der Waals surface area contributed by atoms with Crippen LogP contribution in [0, 0.1) is 6.92 Å². The van der Waals surface area contributed by atoms with E-state index < -0.39 is 0 Å². The second-order valence-electron chi connectivity index (χ2n) is 4.56. The quantitative estimate of drug-likeness (QED) is 0.843. The SMILES string of the molecule is Cc1nccn1CCCC(=O)N(C)c1ccc(Br)cn1. The fourth-order valence-corrected chi connectivity index (χ4v) is 2.14. The van der Waals surface area contributed by atoms with E-state index in [1.165, 1.54) is 0 Å². The lowest BCUT2D eigenvalue weighted by molar-refractivity contribution is -0.118. The van der Waals surface area contributed by atoms with Crippen molar-refractivity contribution in [3.8, 4) is 0 Å². The molecule has 0 aliphatic carbocycles. The van der Waals surface area contributed by atoms with Crippen LogP contribution in [-0.4, -0.2) is 27.5 Å². The number of imidazole rings is 1. The minimum atomic E-state index is 0.0672. The third kappa shape index (κ3) is 3.66. The zero-order valence-electron chi connectivity index (χ0n) is 11.6. The molecule has 0 saturated heterocycles. The lowest BCUT2D eigenvalue weighted by atomic mass is 10.2. The summed E-state index contributed by atoms with van der Waals surface area (Å²) in [5.74, 6) is 1.70. The molecule has 5 nitrogen and oxygen atoms in total. The van der Waals surface area contributed by atoms with E-state index in [1.54, 1.807) is 24.3 Å². The summed E-state index contributed by atoms with van der Waals surface area (Å²) in [6.45, 7) is 2.76. The summed E-state index contributed by atoms with van der Waals surface area (Å²) in [7, 11) is 1.75. The first-order chi connectivity index (χ1) is 9.58. The number of anilines is 1. The third-order valence-electron chi connectivity index (χ3n) is 3.14. The first kappa shape index (κ1) is 14.7. The molecule has 0 saturated carbocycles. The lowest BCUT2D eigenvalue weighted by Crippen LogP contribution is -2.27. The maximum atomic E-state index is 12.1. The largest absolute Gasteiger partial charge is 0.335 e. The highest BCUT2D eigenvalue weighted by molar-refractivity contribution is 9.10. The Hall–Kier alpha value is -1.69. The molecule has 0 bridgehead atoms. The molecular formula is C14H17BrN4O. The van der Waals surface area contributed by atoms with Crippen LogP contribution < -0.4 is 4.90 Å². The Kier molecular flexibility index (Phi) is 4.89. The van der Waals surface area contributed by atoms with Gasteiger partial charge in [0.05, 0.1) is 0 Å². The highest BCUT2D eigenvalue weighted by Crippen LogP contribution is 2.14. The van der Waals surface area contributed by atoms with Gasteiger partial charge < -0.3 is 4.57 Å². The van der Waals surface area contributed by atoms with Crippen LogP contribution in [0.15, 0.2) is 35.2 Å². The number of amides is 1. The van der Waals surface area contributed by atoms with Gasteiger partial charge in [-0.2, -0.15) is 0 Å². The van der Waals surface area contributed by atoms with Gasteiger partial charge in [-0.1, -0.05) is 0 Å². The van der Waals surface area contributed by atoms with E-state index in [0.717, 1.165) is 23.3 Å². The van der Waals surface area contributed by atoms with E-state index in [4.69, 9.17) is 0 Å². The number of nitrogens with zero attached hydrogens (tertiary/aromatic N) is 4. The van der Waals surface area contributed by atoms with E-state index in [9.17, 15) is 4.79 Å². The molecule has 2 aromatic heterocycles. The number of carbonyl (C=O) groups is 1. The average Bonchev–Trinajstić information content (AvgIpc) is 2.84. The zero-order chi connectivity index (χ0) is 14.5. The number of aryl methyl sites for hydroxylation is 2. The lowest BCUT2D eigenvalue weighted by Gasteiger charge is -2.16. The maximum Gasteiger partial charge on any atom is 0.227 e. The van der Waals surface area contributed by atoms with Crippen LogP contribution in [0.2, 0.25) is 0 Å². The van der Waals surface area contributed by atoms with Crippen molar-refractivity contribution in [1.29, 1.82) is 0 Å². The standard InChI is InChI=1S/C14H17BrN4O/c1-11-16-7-9-19(11)8-3-4-14(20)18(2)13-6-5-12(15)10-17-13/h5-7,9-10H,3-4,8H2,1-2H3. The van der Waals surface area contributed by atoms with Gasteiger partial charge in [-0.05, 0) is 41.4 Å². The van der Waals surface area contributed by atoms with Crippen LogP contribution in [0.5, 0.6) is 0 Å². The topological polar surface area (TPSA) is 51.0 Å². The van der Waals surface area contributed by atoms with E-state index in [0.29, 0.717) is 12.2 Å². The molecule has 1 amide bonds. The molecular weight excluding hydrogens is 320 g/mol. The van der Waals surface area contributed by atoms with Crippen molar-refractivity contribution in [1.82, 2.24) is 14.5 Å². The molecule has 0 aliphatic heterocycles. The first-order valence-corrected chi connectivity index (χ1v) is 7.23. The Morgan fingerprint density at radius 2 is 2.20 bits per heavy atom. The van der Waals surface area contributed by atoms with E-state index in [2.05, 4.69) is 25.9 Å². The Morgan fingerprint density at radius 1 is 1.40 bits per heavy atom. The molecule has 20 heavy (non-hydrogen) atoms. The van der Waals surface area contributed by atoms with Crippen molar-refractivity contribution in [3.63, 3.8) is 0 Å². The monoisotopic (exact) mass is 336 g/mol.